The molecule has 0 saturated carbocycles. The van der Waals surface area contributed by atoms with Crippen LogP contribution in [0.4, 0.5) is 0 Å². The number of aromatic nitrogens is 4. The van der Waals surface area contributed by atoms with Crippen molar-refractivity contribution in [2.45, 2.75) is 22.8 Å². The van der Waals surface area contributed by atoms with Crippen LogP contribution in [0.2, 0.25) is 0 Å². The third-order valence-electron chi connectivity index (χ3n) is 2.60. The van der Waals surface area contributed by atoms with Gasteiger partial charge in [0.05, 0.1) is 24.7 Å². The van der Waals surface area contributed by atoms with Crippen molar-refractivity contribution in [3.8, 4) is 0 Å². The molecule has 17 heavy (non-hydrogen) atoms. The summed E-state index contributed by atoms with van der Waals surface area (Å²) in [6, 6.07) is 0. The maximum absolute atomic E-state index is 5.23. The quantitative estimate of drug-likeness (QED) is 0.364. The van der Waals surface area contributed by atoms with Crippen LogP contribution in [-0.4, -0.2) is 45.0 Å². The second-order valence-corrected chi connectivity index (χ2v) is 5.31. The van der Waals surface area contributed by atoms with E-state index in [1.807, 2.05) is 23.4 Å². The molecule has 3 rings (SSSR count). The SMILES string of the molecule is CSc1nc(SC)c2cnn(C[C@@H]3CO3)c2n1. The van der Waals surface area contributed by atoms with Gasteiger partial charge < -0.3 is 4.74 Å². The highest BCUT2D eigenvalue weighted by molar-refractivity contribution is 7.99. The molecule has 0 aromatic carbocycles. The fourth-order valence-corrected chi connectivity index (χ4v) is 2.62. The van der Waals surface area contributed by atoms with E-state index >= 15 is 0 Å². The summed E-state index contributed by atoms with van der Waals surface area (Å²) in [5.74, 6) is 0. The van der Waals surface area contributed by atoms with Gasteiger partial charge in [-0.15, -0.1) is 11.8 Å². The van der Waals surface area contributed by atoms with Gasteiger partial charge in [0.15, 0.2) is 10.8 Å². The van der Waals surface area contributed by atoms with Gasteiger partial charge in [0.25, 0.3) is 0 Å². The smallest absolute Gasteiger partial charge is 0.190 e. The van der Waals surface area contributed by atoms with E-state index in [9.17, 15) is 0 Å². The highest BCUT2D eigenvalue weighted by Gasteiger charge is 2.24. The third-order valence-corrected chi connectivity index (χ3v) is 3.84. The summed E-state index contributed by atoms with van der Waals surface area (Å²) in [5, 5.41) is 7.18. The molecule has 0 bridgehead atoms. The Hall–Kier alpha value is -0.790. The number of epoxide rings is 1. The van der Waals surface area contributed by atoms with E-state index in [2.05, 4.69) is 15.1 Å². The first-order valence-electron chi connectivity index (χ1n) is 5.25. The molecule has 2 aromatic rings. The fraction of sp³-hybridized carbons (Fsp3) is 0.500. The zero-order valence-electron chi connectivity index (χ0n) is 9.58. The molecule has 0 unspecified atom stereocenters. The molecule has 1 aliphatic heterocycles. The maximum Gasteiger partial charge on any atom is 0.190 e. The van der Waals surface area contributed by atoms with E-state index in [-0.39, 0.29) is 0 Å². The maximum atomic E-state index is 5.23. The van der Waals surface area contributed by atoms with E-state index in [4.69, 9.17) is 4.74 Å². The first-order chi connectivity index (χ1) is 8.31. The van der Waals surface area contributed by atoms with Crippen LogP contribution in [-0.2, 0) is 11.3 Å². The summed E-state index contributed by atoms with van der Waals surface area (Å²) in [4.78, 5) is 9.00. The van der Waals surface area contributed by atoms with Crippen molar-refractivity contribution in [3.05, 3.63) is 6.20 Å². The third kappa shape index (κ3) is 2.14. The number of thioether (sulfide) groups is 2. The van der Waals surface area contributed by atoms with Crippen LogP contribution < -0.4 is 0 Å². The summed E-state index contributed by atoms with van der Waals surface area (Å²) < 4.78 is 7.14. The highest BCUT2D eigenvalue weighted by Crippen LogP contribution is 2.26. The van der Waals surface area contributed by atoms with Gasteiger partial charge in [0.1, 0.15) is 11.1 Å². The Morgan fingerprint density at radius 2 is 2.24 bits per heavy atom. The van der Waals surface area contributed by atoms with Gasteiger partial charge in [-0.3, -0.25) is 0 Å². The van der Waals surface area contributed by atoms with Crippen LogP contribution in [0.5, 0.6) is 0 Å². The standard InChI is InChI=1S/C10H12N4OS2/c1-16-9-7-3-11-14(4-6-5-15-6)8(7)12-10(13-9)17-2/h3,6H,4-5H2,1-2H3/t6-/m1/s1. The Morgan fingerprint density at radius 1 is 1.41 bits per heavy atom. The van der Waals surface area contributed by atoms with Crippen molar-refractivity contribution in [1.82, 2.24) is 19.7 Å². The van der Waals surface area contributed by atoms with Crippen LogP contribution >= 0.6 is 23.5 Å². The van der Waals surface area contributed by atoms with Crippen molar-refractivity contribution in [1.29, 1.82) is 0 Å². The molecule has 0 radical (unpaired) electrons. The topological polar surface area (TPSA) is 56.1 Å². The molecule has 1 atom stereocenters. The van der Waals surface area contributed by atoms with Gasteiger partial charge in [0.2, 0.25) is 0 Å². The van der Waals surface area contributed by atoms with Crippen LogP contribution in [0.3, 0.4) is 0 Å². The largest absolute Gasteiger partial charge is 0.371 e. The molecule has 1 fully saturated rings. The minimum atomic E-state index is 0.309. The molecular weight excluding hydrogens is 256 g/mol. The van der Waals surface area contributed by atoms with Crippen LogP contribution in [0.15, 0.2) is 16.4 Å². The first kappa shape index (κ1) is 11.3. The summed E-state index contributed by atoms with van der Waals surface area (Å²) in [5.41, 5.74) is 0.907. The molecule has 90 valence electrons. The van der Waals surface area contributed by atoms with Crippen LogP contribution in [0.1, 0.15) is 0 Å². The van der Waals surface area contributed by atoms with Gasteiger partial charge >= 0.3 is 0 Å². The molecule has 0 N–H and O–H groups in total. The molecule has 5 nitrogen and oxygen atoms in total. The van der Waals surface area contributed by atoms with Gasteiger partial charge in [0, 0.05) is 0 Å². The lowest BCUT2D eigenvalue weighted by molar-refractivity contribution is 0.376. The van der Waals surface area contributed by atoms with E-state index in [1.165, 1.54) is 0 Å². The molecule has 2 aromatic heterocycles. The van der Waals surface area contributed by atoms with Gasteiger partial charge in [-0.25, -0.2) is 14.6 Å². The van der Waals surface area contributed by atoms with Crippen molar-refractivity contribution in [2.75, 3.05) is 19.1 Å². The zero-order valence-corrected chi connectivity index (χ0v) is 11.2. The monoisotopic (exact) mass is 268 g/mol. The molecule has 1 aliphatic rings. The normalized spacial score (nSPS) is 18.8. The second-order valence-electron chi connectivity index (χ2n) is 3.74. The molecule has 0 spiro atoms. The lowest BCUT2D eigenvalue weighted by Crippen LogP contribution is -2.06. The Labute approximate surface area is 107 Å². The van der Waals surface area contributed by atoms with E-state index < -0.39 is 0 Å². The lowest BCUT2D eigenvalue weighted by Gasteiger charge is -2.03. The van der Waals surface area contributed by atoms with E-state index in [1.54, 1.807) is 23.5 Å². The summed E-state index contributed by atoms with van der Waals surface area (Å²) >= 11 is 3.18. The summed E-state index contributed by atoms with van der Waals surface area (Å²) in [6.07, 6.45) is 6.15. The Balaban J connectivity index is 2.11. The van der Waals surface area contributed by atoms with Gasteiger partial charge in [-0.1, -0.05) is 11.8 Å². The van der Waals surface area contributed by atoms with Crippen molar-refractivity contribution < 1.29 is 4.74 Å². The van der Waals surface area contributed by atoms with E-state index in [0.717, 1.165) is 34.4 Å². The van der Waals surface area contributed by atoms with Gasteiger partial charge in [-0.05, 0) is 12.5 Å². The van der Waals surface area contributed by atoms with E-state index in [0.29, 0.717) is 6.10 Å². The Bertz CT molecular complexity index is 552. The molecular formula is C10H12N4OS2. The average molecular weight is 268 g/mol. The number of hydrogen-bond acceptors (Lipinski definition) is 6. The van der Waals surface area contributed by atoms with Crippen molar-refractivity contribution in [2.24, 2.45) is 0 Å². The second kappa shape index (κ2) is 4.47. The fourth-order valence-electron chi connectivity index (χ4n) is 1.66. The number of nitrogens with zero attached hydrogens (tertiary/aromatic N) is 4. The summed E-state index contributed by atoms with van der Waals surface area (Å²) in [6.45, 7) is 1.61. The average Bonchev–Trinajstić information content (AvgIpc) is 3.09. The van der Waals surface area contributed by atoms with Crippen molar-refractivity contribution >= 4 is 34.6 Å². The first-order valence-corrected chi connectivity index (χ1v) is 7.70. The molecule has 0 aliphatic carbocycles. The van der Waals surface area contributed by atoms with Crippen LogP contribution in [0.25, 0.3) is 11.0 Å². The number of fused-ring (bicyclic) bond motifs is 1. The lowest BCUT2D eigenvalue weighted by atomic mass is 10.4. The minimum absolute atomic E-state index is 0.309. The number of rotatable bonds is 4. The Kier molecular flexibility index (Phi) is 2.97. The Morgan fingerprint density at radius 3 is 2.88 bits per heavy atom. The predicted molar refractivity (Wildman–Crippen MR) is 68.6 cm³/mol. The number of hydrogen-bond donors (Lipinski definition) is 0. The van der Waals surface area contributed by atoms with Gasteiger partial charge in [-0.2, -0.15) is 5.10 Å². The number of ether oxygens (including phenoxy) is 1. The van der Waals surface area contributed by atoms with Crippen LogP contribution in [0, 0.1) is 0 Å². The summed E-state index contributed by atoms with van der Waals surface area (Å²) in [7, 11) is 0. The molecule has 0 amide bonds. The molecule has 7 heteroatoms. The highest BCUT2D eigenvalue weighted by atomic mass is 32.2. The zero-order chi connectivity index (χ0) is 11.8. The van der Waals surface area contributed by atoms with Crippen molar-refractivity contribution in [3.63, 3.8) is 0 Å². The predicted octanol–water partition coefficient (Wildman–Crippen LogP) is 1.67. The minimum Gasteiger partial charge on any atom is -0.371 e. The molecule has 1 saturated heterocycles. The molecule has 3 heterocycles.